The summed E-state index contributed by atoms with van der Waals surface area (Å²) in [4.78, 5) is 16.1. The molecule has 1 aromatic heterocycles. The number of nitrogen functional groups attached to an aromatic ring is 1. The average molecular weight is 297 g/mol. The fraction of sp³-hybridized carbons (Fsp3) is 0.538. The molecule has 108 valence electrons. The molecule has 2 fully saturated rings. The Morgan fingerprint density at radius 1 is 1.50 bits per heavy atom. The zero-order chi connectivity index (χ0) is 14.1. The van der Waals surface area contributed by atoms with Gasteiger partial charge in [0.05, 0.1) is 12.2 Å². The second kappa shape index (κ2) is 5.55. The standard InChI is InChI=1S/C13H17ClN4O2/c14-11-4-7(5-12(17-11)18-15)13(19)16-6-8-3-9-1-2-10(8)20-9/h4-5,8-10H,1-3,6,15H2,(H,16,19)(H,17,18). The number of ether oxygens (including phenoxy) is 1. The first-order valence-electron chi connectivity index (χ1n) is 6.73. The van der Waals surface area contributed by atoms with E-state index < -0.39 is 0 Å². The summed E-state index contributed by atoms with van der Waals surface area (Å²) >= 11 is 5.84. The van der Waals surface area contributed by atoms with Gasteiger partial charge in [-0.2, -0.15) is 0 Å². The van der Waals surface area contributed by atoms with Crippen LogP contribution in [0, 0.1) is 5.92 Å². The van der Waals surface area contributed by atoms with Crippen molar-refractivity contribution < 1.29 is 9.53 Å². The molecular weight excluding hydrogens is 280 g/mol. The zero-order valence-electron chi connectivity index (χ0n) is 10.9. The highest BCUT2D eigenvalue weighted by atomic mass is 35.5. The van der Waals surface area contributed by atoms with Gasteiger partial charge in [-0.25, -0.2) is 10.8 Å². The van der Waals surface area contributed by atoms with Crippen molar-refractivity contribution in [1.29, 1.82) is 0 Å². The van der Waals surface area contributed by atoms with Crippen molar-refractivity contribution in [3.8, 4) is 0 Å². The predicted octanol–water partition coefficient (Wildman–Crippen LogP) is 1.32. The van der Waals surface area contributed by atoms with E-state index in [-0.39, 0.29) is 11.1 Å². The van der Waals surface area contributed by atoms with E-state index in [1.807, 2.05) is 0 Å². The van der Waals surface area contributed by atoms with Crippen LogP contribution >= 0.6 is 11.6 Å². The van der Waals surface area contributed by atoms with Gasteiger partial charge in [0, 0.05) is 18.0 Å². The number of fused-ring (bicyclic) bond motifs is 2. The van der Waals surface area contributed by atoms with Crippen molar-refractivity contribution in [2.24, 2.45) is 11.8 Å². The molecule has 3 atom stereocenters. The minimum atomic E-state index is -0.173. The fourth-order valence-electron chi connectivity index (χ4n) is 2.99. The van der Waals surface area contributed by atoms with Crippen molar-refractivity contribution >= 4 is 23.3 Å². The van der Waals surface area contributed by atoms with Crippen LogP contribution in [0.2, 0.25) is 5.15 Å². The third-order valence-electron chi connectivity index (χ3n) is 3.96. The number of nitrogens with zero attached hydrogens (tertiary/aromatic N) is 1. The van der Waals surface area contributed by atoms with Crippen molar-refractivity contribution in [3.63, 3.8) is 0 Å². The Hall–Kier alpha value is -1.37. The largest absolute Gasteiger partial charge is 0.375 e. The van der Waals surface area contributed by atoms with E-state index >= 15 is 0 Å². The highest BCUT2D eigenvalue weighted by Gasteiger charge is 2.40. The van der Waals surface area contributed by atoms with E-state index in [1.54, 1.807) is 6.07 Å². The lowest BCUT2D eigenvalue weighted by Crippen LogP contribution is -2.33. The summed E-state index contributed by atoms with van der Waals surface area (Å²) in [5.41, 5.74) is 2.83. The van der Waals surface area contributed by atoms with E-state index in [9.17, 15) is 4.79 Å². The maximum absolute atomic E-state index is 12.1. The fourth-order valence-corrected chi connectivity index (χ4v) is 3.19. The number of nitrogens with one attached hydrogen (secondary N) is 2. The van der Waals surface area contributed by atoms with E-state index in [4.69, 9.17) is 22.2 Å². The van der Waals surface area contributed by atoms with E-state index in [1.165, 1.54) is 6.07 Å². The Balaban J connectivity index is 1.60. The third kappa shape index (κ3) is 2.72. The summed E-state index contributed by atoms with van der Waals surface area (Å²) in [5.74, 6) is 5.90. The second-order valence-corrected chi connectivity index (χ2v) is 5.68. The molecule has 3 rings (SSSR count). The number of hydrogen-bond donors (Lipinski definition) is 3. The Bertz CT molecular complexity index is 525. The summed E-state index contributed by atoms with van der Waals surface area (Å²) in [7, 11) is 0. The number of nitrogens with two attached hydrogens (primary N) is 1. The molecule has 0 aliphatic carbocycles. The number of rotatable bonds is 4. The van der Waals surface area contributed by atoms with Gasteiger partial charge in [-0.05, 0) is 31.4 Å². The Kier molecular flexibility index (Phi) is 3.78. The van der Waals surface area contributed by atoms with Crippen LogP contribution in [-0.4, -0.2) is 29.6 Å². The van der Waals surface area contributed by atoms with Crippen LogP contribution in [0.5, 0.6) is 0 Å². The minimum Gasteiger partial charge on any atom is -0.375 e. The molecule has 1 amide bonds. The molecule has 0 aromatic carbocycles. The van der Waals surface area contributed by atoms with E-state index in [0.29, 0.717) is 36.1 Å². The molecule has 7 heteroatoms. The van der Waals surface area contributed by atoms with Crippen molar-refractivity contribution in [2.45, 2.75) is 31.5 Å². The van der Waals surface area contributed by atoms with Crippen molar-refractivity contribution in [2.75, 3.05) is 12.0 Å². The highest BCUT2D eigenvalue weighted by Crippen LogP contribution is 2.38. The van der Waals surface area contributed by atoms with Crippen LogP contribution in [0.25, 0.3) is 0 Å². The quantitative estimate of drug-likeness (QED) is 0.443. The lowest BCUT2D eigenvalue weighted by Gasteiger charge is -2.18. The monoisotopic (exact) mass is 296 g/mol. The van der Waals surface area contributed by atoms with Gasteiger partial charge in [0.1, 0.15) is 11.0 Å². The Morgan fingerprint density at radius 2 is 2.35 bits per heavy atom. The predicted molar refractivity (Wildman–Crippen MR) is 75.4 cm³/mol. The smallest absolute Gasteiger partial charge is 0.251 e. The molecule has 0 spiro atoms. The average Bonchev–Trinajstić information content (AvgIpc) is 3.06. The van der Waals surface area contributed by atoms with E-state index in [0.717, 1.165) is 19.3 Å². The molecule has 2 bridgehead atoms. The maximum atomic E-state index is 12.1. The molecule has 2 aliphatic rings. The highest BCUT2D eigenvalue weighted by molar-refractivity contribution is 6.29. The van der Waals surface area contributed by atoms with Crippen LogP contribution in [-0.2, 0) is 4.74 Å². The normalized spacial score (nSPS) is 27.6. The number of anilines is 1. The van der Waals surface area contributed by atoms with Gasteiger partial charge in [0.15, 0.2) is 0 Å². The molecule has 1 aromatic rings. The van der Waals surface area contributed by atoms with Gasteiger partial charge in [-0.15, -0.1) is 0 Å². The number of carbonyl (C=O) groups is 1. The topological polar surface area (TPSA) is 89.3 Å². The summed E-state index contributed by atoms with van der Waals surface area (Å²) in [5, 5.41) is 3.16. The van der Waals surface area contributed by atoms with Gasteiger partial charge in [-0.1, -0.05) is 11.6 Å². The summed E-state index contributed by atoms with van der Waals surface area (Å²) in [6.45, 7) is 0.630. The number of hydrazine groups is 1. The van der Waals surface area contributed by atoms with Gasteiger partial charge in [0.2, 0.25) is 0 Å². The summed E-state index contributed by atoms with van der Waals surface area (Å²) in [6.07, 6.45) is 4.00. The number of amides is 1. The third-order valence-corrected chi connectivity index (χ3v) is 4.15. The first-order valence-corrected chi connectivity index (χ1v) is 7.11. The molecular formula is C13H17ClN4O2. The van der Waals surface area contributed by atoms with Crippen LogP contribution in [0.4, 0.5) is 5.82 Å². The Morgan fingerprint density at radius 3 is 3.00 bits per heavy atom. The number of aromatic nitrogens is 1. The molecule has 0 saturated carbocycles. The van der Waals surface area contributed by atoms with Crippen molar-refractivity contribution in [3.05, 3.63) is 22.8 Å². The van der Waals surface area contributed by atoms with Crippen molar-refractivity contribution in [1.82, 2.24) is 10.3 Å². The van der Waals surface area contributed by atoms with E-state index in [2.05, 4.69) is 15.7 Å². The van der Waals surface area contributed by atoms with Crippen LogP contribution in [0.15, 0.2) is 12.1 Å². The zero-order valence-corrected chi connectivity index (χ0v) is 11.7. The molecule has 3 unspecified atom stereocenters. The molecule has 4 N–H and O–H groups in total. The molecule has 6 nitrogen and oxygen atoms in total. The lowest BCUT2D eigenvalue weighted by atomic mass is 9.89. The molecule has 2 saturated heterocycles. The SMILES string of the molecule is NNc1cc(C(=O)NCC2CC3CCC2O3)cc(Cl)n1. The van der Waals surface area contributed by atoms with Crippen LogP contribution in [0.3, 0.4) is 0 Å². The molecule has 3 heterocycles. The van der Waals surface area contributed by atoms with Gasteiger partial charge in [0.25, 0.3) is 5.91 Å². The number of pyridine rings is 1. The number of carbonyl (C=O) groups excluding carboxylic acids is 1. The first kappa shape index (κ1) is 13.6. The Labute approximate surface area is 122 Å². The molecule has 0 radical (unpaired) electrons. The van der Waals surface area contributed by atoms with Gasteiger partial charge in [-0.3, -0.25) is 4.79 Å². The maximum Gasteiger partial charge on any atom is 0.251 e. The lowest BCUT2D eigenvalue weighted by molar-refractivity contribution is 0.0873. The summed E-state index contributed by atoms with van der Waals surface area (Å²) < 4.78 is 5.77. The van der Waals surface area contributed by atoms with Crippen LogP contribution < -0.4 is 16.6 Å². The summed E-state index contributed by atoms with van der Waals surface area (Å²) in [6, 6.07) is 3.09. The molecule has 2 aliphatic heterocycles. The molecule has 20 heavy (non-hydrogen) atoms. The van der Waals surface area contributed by atoms with Gasteiger partial charge >= 0.3 is 0 Å². The first-order chi connectivity index (χ1) is 9.65. The van der Waals surface area contributed by atoms with Crippen LogP contribution in [0.1, 0.15) is 29.6 Å². The second-order valence-electron chi connectivity index (χ2n) is 5.29. The number of halogens is 1. The number of hydrogen-bond acceptors (Lipinski definition) is 5. The minimum absolute atomic E-state index is 0.173. The van der Waals surface area contributed by atoms with Gasteiger partial charge < -0.3 is 15.5 Å².